The average Bonchev–Trinajstić information content (AvgIpc) is 2.54. The van der Waals surface area contributed by atoms with E-state index in [1.807, 2.05) is 12.3 Å². The third kappa shape index (κ3) is 1.66. The van der Waals surface area contributed by atoms with Crippen LogP contribution in [-0.4, -0.2) is 4.57 Å². The van der Waals surface area contributed by atoms with Gasteiger partial charge in [0.2, 0.25) is 0 Å². The Labute approximate surface area is 78.3 Å². The lowest BCUT2D eigenvalue weighted by atomic mass is 9.95. The van der Waals surface area contributed by atoms with Gasteiger partial charge in [0, 0.05) is 18.4 Å². The normalized spacial score (nSPS) is 19.8. The zero-order valence-corrected chi connectivity index (χ0v) is 7.93. The van der Waals surface area contributed by atoms with Crippen LogP contribution in [0.15, 0.2) is 18.5 Å². The summed E-state index contributed by atoms with van der Waals surface area (Å²) < 4.78 is 2.27. The van der Waals surface area contributed by atoms with E-state index in [4.69, 9.17) is 11.6 Å². The van der Waals surface area contributed by atoms with Gasteiger partial charge in [-0.05, 0) is 18.9 Å². The van der Waals surface area contributed by atoms with Gasteiger partial charge in [-0.3, -0.25) is 0 Å². The minimum Gasteiger partial charge on any atom is -0.350 e. The Kier molecular flexibility index (Phi) is 2.40. The number of hydrogen-bond donors (Lipinski definition) is 0. The maximum Gasteiger partial charge on any atom is 0.0582 e. The highest BCUT2D eigenvalue weighted by atomic mass is 35.5. The van der Waals surface area contributed by atoms with Crippen LogP contribution >= 0.6 is 11.6 Å². The summed E-state index contributed by atoms with van der Waals surface area (Å²) in [6.07, 6.45) is 10.9. The molecule has 2 heteroatoms. The standard InChI is InChI=1S/C10H14ClN/c11-9-6-7-12(8-9)10-4-2-1-3-5-10/h6-8,10H,1-5H2. The van der Waals surface area contributed by atoms with E-state index in [2.05, 4.69) is 10.8 Å². The van der Waals surface area contributed by atoms with Crippen molar-refractivity contribution in [3.8, 4) is 0 Å². The molecule has 1 aliphatic carbocycles. The van der Waals surface area contributed by atoms with Crippen LogP contribution in [0.3, 0.4) is 0 Å². The second-order valence-electron chi connectivity index (χ2n) is 3.57. The summed E-state index contributed by atoms with van der Waals surface area (Å²) >= 11 is 5.86. The summed E-state index contributed by atoms with van der Waals surface area (Å²) in [6, 6.07) is 2.68. The lowest BCUT2D eigenvalue weighted by Gasteiger charge is -2.22. The fourth-order valence-electron chi connectivity index (χ4n) is 1.99. The quantitative estimate of drug-likeness (QED) is 0.627. The van der Waals surface area contributed by atoms with E-state index in [0.29, 0.717) is 6.04 Å². The van der Waals surface area contributed by atoms with Gasteiger partial charge in [0.15, 0.2) is 0 Å². The predicted molar refractivity (Wildman–Crippen MR) is 51.6 cm³/mol. The largest absolute Gasteiger partial charge is 0.350 e. The molecule has 1 aromatic heterocycles. The zero-order chi connectivity index (χ0) is 8.39. The highest BCUT2D eigenvalue weighted by molar-refractivity contribution is 6.30. The molecule has 0 radical (unpaired) electrons. The first-order valence-corrected chi connectivity index (χ1v) is 5.07. The van der Waals surface area contributed by atoms with Crippen LogP contribution in [0.2, 0.25) is 5.02 Å². The van der Waals surface area contributed by atoms with E-state index in [9.17, 15) is 0 Å². The Bertz CT molecular complexity index is 248. The van der Waals surface area contributed by atoms with E-state index in [0.717, 1.165) is 5.02 Å². The molecule has 0 aromatic carbocycles. The molecule has 0 unspecified atom stereocenters. The molecule has 1 aliphatic rings. The SMILES string of the molecule is Clc1ccn(C2CCCCC2)c1. The Morgan fingerprint density at radius 2 is 2.00 bits per heavy atom. The number of aromatic nitrogens is 1. The maximum absolute atomic E-state index is 5.86. The predicted octanol–water partition coefficient (Wildman–Crippen LogP) is 3.65. The van der Waals surface area contributed by atoms with Crippen molar-refractivity contribution < 1.29 is 0 Å². The van der Waals surface area contributed by atoms with Gasteiger partial charge >= 0.3 is 0 Å². The highest BCUT2D eigenvalue weighted by Gasteiger charge is 2.14. The second-order valence-corrected chi connectivity index (χ2v) is 4.01. The molecule has 0 saturated heterocycles. The number of nitrogens with zero attached hydrogens (tertiary/aromatic N) is 1. The third-order valence-electron chi connectivity index (χ3n) is 2.67. The first kappa shape index (κ1) is 8.18. The molecule has 0 N–H and O–H groups in total. The molecule has 0 amide bonds. The number of hydrogen-bond acceptors (Lipinski definition) is 0. The summed E-state index contributed by atoms with van der Waals surface area (Å²) in [7, 11) is 0. The van der Waals surface area contributed by atoms with Gasteiger partial charge in [-0.25, -0.2) is 0 Å². The summed E-state index contributed by atoms with van der Waals surface area (Å²) in [5.41, 5.74) is 0. The van der Waals surface area contributed by atoms with Gasteiger partial charge in [-0.1, -0.05) is 30.9 Å². The lowest BCUT2D eigenvalue weighted by molar-refractivity contribution is 0.354. The van der Waals surface area contributed by atoms with E-state index < -0.39 is 0 Å². The number of rotatable bonds is 1. The number of halogens is 1. The topological polar surface area (TPSA) is 4.93 Å². The first-order chi connectivity index (χ1) is 5.86. The molecule has 66 valence electrons. The summed E-state index contributed by atoms with van der Waals surface area (Å²) in [5, 5.41) is 0.862. The first-order valence-electron chi connectivity index (χ1n) is 4.69. The zero-order valence-electron chi connectivity index (χ0n) is 7.17. The molecule has 1 aromatic rings. The van der Waals surface area contributed by atoms with Crippen molar-refractivity contribution in [2.24, 2.45) is 0 Å². The minimum absolute atomic E-state index is 0.714. The second kappa shape index (κ2) is 3.53. The van der Waals surface area contributed by atoms with Crippen LogP contribution in [0.4, 0.5) is 0 Å². The van der Waals surface area contributed by atoms with Crippen molar-refractivity contribution in [1.82, 2.24) is 4.57 Å². The molecule has 1 heterocycles. The molecule has 1 nitrogen and oxygen atoms in total. The van der Waals surface area contributed by atoms with E-state index in [1.54, 1.807) is 0 Å². The van der Waals surface area contributed by atoms with Gasteiger partial charge in [0.25, 0.3) is 0 Å². The molecule has 1 fully saturated rings. The smallest absolute Gasteiger partial charge is 0.0582 e. The van der Waals surface area contributed by atoms with Gasteiger partial charge in [0.1, 0.15) is 0 Å². The van der Waals surface area contributed by atoms with E-state index in [-0.39, 0.29) is 0 Å². The highest BCUT2D eigenvalue weighted by Crippen LogP contribution is 2.28. The molecule has 2 rings (SSSR count). The van der Waals surface area contributed by atoms with Gasteiger partial charge in [-0.15, -0.1) is 0 Å². The van der Waals surface area contributed by atoms with Crippen LogP contribution in [0, 0.1) is 0 Å². The molecule has 0 atom stereocenters. The van der Waals surface area contributed by atoms with Crippen LogP contribution in [0.5, 0.6) is 0 Å². The fourth-order valence-corrected chi connectivity index (χ4v) is 2.16. The fraction of sp³-hybridized carbons (Fsp3) is 0.600. The Morgan fingerprint density at radius 3 is 2.58 bits per heavy atom. The van der Waals surface area contributed by atoms with Crippen molar-refractivity contribution in [3.05, 3.63) is 23.5 Å². The van der Waals surface area contributed by atoms with Crippen molar-refractivity contribution in [2.75, 3.05) is 0 Å². The average molecular weight is 184 g/mol. The van der Waals surface area contributed by atoms with Crippen LogP contribution in [0.1, 0.15) is 38.1 Å². The Balaban J connectivity index is 2.08. The van der Waals surface area contributed by atoms with Gasteiger partial charge < -0.3 is 4.57 Å². The summed E-state index contributed by atoms with van der Waals surface area (Å²) in [6.45, 7) is 0. The molecule has 0 spiro atoms. The summed E-state index contributed by atoms with van der Waals surface area (Å²) in [5.74, 6) is 0. The van der Waals surface area contributed by atoms with Gasteiger partial charge in [0.05, 0.1) is 5.02 Å². The minimum atomic E-state index is 0.714. The Morgan fingerprint density at radius 1 is 1.25 bits per heavy atom. The van der Waals surface area contributed by atoms with E-state index in [1.165, 1.54) is 32.1 Å². The summed E-state index contributed by atoms with van der Waals surface area (Å²) in [4.78, 5) is 0. The van der Waals surface area contributed by atoms with Crippen molar-refractivity contribution in [1.29, 1.82) is 0 Å². The molecule has 0 aliphatic heterocycles. The monoisotopic (exact) mass is 183 g/mol. The van der Waals surface area contributed by atoms with Crippen LogP contribution in [-0.2, 0) is 0 Å². The van der Waals surface area contributed by atoms with Crippen molar-refractivity contribution in [2.45, 2.75) is 38.1 Å². The van der Waals surface area contributed by atoms with E-state index >= 15 is 0 Å². The van der Waals surface area contributed by atoms with Gasteiger partial charge in [-0.2, -0.15) is 0 Å². The molecule has 12 heavy (non-hydrogen) atoms. The molecular weight excluding hydrogens is 170 g/mol. The van der Waals surface area contributed by atoms with Crippen molar-refractivity contribution >= 4 is 11.6 Å². The molecule has 0 bridgehead atoms. The van der Waals surface area contributed by atoms with Crippen LogP contribution in [0.25, 0.3) is 0 Å². The molecule has 1 saturated carbocycles. The third-order valence-corrected chi connectivity index (χ3v) is 2.90. The Hall–Kier alpha value is -0.430. The lowest BCUT2D eigenvalue weighted by Crippen LogP contribution is -2.10. The maximum atomic E-state index is 5.86. The molecular formula is C10H14ClN. The van der Waals surface area contributed by atoms with Crippen LogP contribution < -0.4 is 0 Å². The van der Waals surface area contributed by atoms with Crippen molar-refractivity contribution in [3.63, 3.8) is 0 Å².